The zero-order valence-corrected chi connectivity index (χ0v) is 21.9. The minimum absolute atomic E-state index is 0.0396. The molecule has 0 radical (unpaired) electrons. The lowest BCUT2D eigenvalue weighted by molar-refractivity contribution is -0.129. The zero-order chi connectivity index (χ0) is 26.8. The number of pyridine rings is 1. The minimum atomic E-state index is -0.539. The van der Waals surface area contributed by atoms with Crippen molar-refractivity contribution in [3.05, 3.63) is 69.8 Å². The molecule has 1 atom stereocenters. The summed E-state index contributed by atoms with van der Waals surface area (Å²) < 4.78 is 15.4. The maximum absolute atomic E-state index is 13.6. The van der Waals surface area contributed by atoms with Crippen molar-refractivity contribution in [1.29, 1.82) is 5.26 Å². The van der Waals surface area contributed by atoms with Crippen LogP contribution in [0.5, 0.6) is 0 Å². The molecule has 0 saturated carbocycles. The molecule has 1 saturated heterocycles. The van der Waals surface area contributed by atoms with Crippen LogP contribution in [-0.4, -0.2) is 43.4 Å². The van der Waals surface area contributed by atoms with E-state index in [0.29, 0.717) is 51.6 Å². The van der Waals surface area contributed by atoms with Gasteiger partial charge in [0.05, 0.1) is 52.1 Å². The third kappa shape index (κ3) is 5.35. The van der Waals surface area contributed by atoms with E-state index in [4.69, 9.17) is 23.2 Å². The number of amides is 1. The molecule has 0 spiro atoms. The van der Waals surface area contributed by atoms with Crippen LogP contribution in [0.1, 0.15) is 31.0 Å². The third-order valence-corrected chi connectivity index (χ3v) is 7.05. The summed E-state index contributed by atoms with van der Waals surface area (Å²) >= 11 is 12.5. The second-order valence-electron chi connectivity index (χ2n) is 9.06. The Balaban J connectivity index is 1.37. The highest BCUT2D eigenvalue weighted by molar-refractivity contribution is 6.36. The van der Waals surface area contributed by atoms with Crippen molar-refractivity contribution in [3.8, 4) is 6.07 Å². The summed E-state index contributed by atoms with van der Waals surface area (Å²) in [5.41, 5.74) is 3.19. The highest BCUT2D eigenvalue weighted by Crippen LogP contribution is 2.35. The van der Waals surface area contributed by atoms with Crippen LogP contribution in [0.15, 0.2) is 42.7 Å². The van der Waals surface area contributed by atoms with Gasteiger partial charge < -0.3 is 15.5 Å². The fraction of sp³-hybridized carbons (Fsp3) is 0.269. The number of rotatable bonds is 7. The summed E-state index contributed by atoms with van der Waals surface area (Å²) in [6.45, 7) is 3.35. The number of aromatic nitrogens is 4. The molecule has 5 rings (SSSR count). The number of nitrogens with one attached hydrogen (secondary N) is 2. The average molecular weight is 553 g/mol. The predicted octanol–water partition coefficient (Wildman–Crippen LogP) is 5.51. The Morgan fingerprint density at radius 2 is 2.05 bits per heavy atom. The highest BCUT2D eigenvalue weighted by Gasteiger charge is 2.27. The summed E-state index contributed by atoms with van der Waals surface area (Å²) in [6, 6.07) is 10.1. The van der Waals surface area contributed by atoms with Crippen molar-refractivity contribution in [2.45, 2.75) is 38.9 Å². The Bertz CT molecular complexity index is 1570. The molecule has 1 fully saturated rings. The molecule has 0 unspecified atom stereocenters. The second kappa shape index (κ2) is 10.8. The van der Waals surface area contributed by atoms with E-state index < -0.39 is 5.82 Å². The van der Waals surface area contributed by atoms with Crippen LogP contribution < -0.4 is 10.6 Å². The number of hydrogen-bond donors (Lipinski definition) is 2. The molecule has 1 aliphatic heterocycles. The van der Waals surface area contributed by atoms with Crippen LogP contribution in [0, 0.1) is 17.1 Å². The van der Waals surface area contributed by atoms with Gasteiger partial charge in [0.15, 0.2) is 0 Å². The molecular formula is C26H23Cl2FN8O. The van der Waals surface area contributed by atoms with Crippen LogP contribution >= 0.6 is 23.2 Å². The Hall–Kier alpha value is -3.94. The van der Waals surface area contributed by atoms with E-state index >= 15 is 0 Å². The summed E-state index contributed by atoms with van der Waals surface area (Å²) in [7, 11) is 0. The van der Waals surface area contributed by atoms with Crippen molar-refractivity contribution in [3.63, 3.8) is 0 Å². The van der Waals surface area contributed by atoms with Gasteiger partial charge in [-0.1, -0.05) is 28.4 Å². The Labute approximate surface area is 228 Å². The molecule has 12 heteroatoms. The van der Waals surface area contributed by atoms with Crippen molar-refractivity contribution >= 4 is 57.1 Å². The molecule has 0 aliphatic carbocycles. The van der Waals surface area contributed by atoms with E-state index in [1.807, 2.05) is 17.2 Å². The molecule has 1 amide bonds. The molecule has 3 heterocycles. The van der Waals surface area contributed by atoms with Crippen LogP contribution in [0.4, 0.5) is 21.5 Å². The summed E-state index contributed by atoms with van der Waals surface area (Å²) in [5, 5.41) is 25.6. The summed E-state index contributed by atoms with van der Waals surface area (Å²) in [4.78, 5) is 18.1. The molecule has 0 bridgehead atoms. The number of benzene rings is 2. The first kappa shape index (κ1) is 25.7. The van der Waals surface area contributed by atoms with Gasteiger partial charge in [0.25, 0.3) is 0 Å². The number of anilines is 3. The molecule has 9 nitrogen and oxygen atoms in total. The first-order valence-electron chi connectivity index (χ1n) is 12.0. The van der Waals surface area contributed by atoms with E-state index in [9.17, 15) is 14.4 Å². The van der Waals surface area contributed by atoms with Crippen molar-refractivity contribution < 1.29 is 9.18 Å². The average Bonchev–Trinajstić information content (AvgIpc) is 3.55. The Kier molecular flexibility index (Phi) is 7.31. The van der Waals surface area contributed by atoms with Crippen molar-refractivity contribution in [1.82, 2.24) is 24.9 Å². The molecular weight excluding hydrogens is 530 g/mol. The number of hydrogen-bond acceptors (Lipinski definition) is 7. The predicted molar refractivity (Wildman–Crippen MR) is 144 cm³/mol. The first-order valence-corrected chi connectivity index (χ1v) is 12.7. The maximum atomic E-state index is 13.6. The summed E-state index contributed by atoms with van der Waals surface area (Å²) in [5.74, 6) is -0.462. The van der Waals surface area contributed by atoms with Crippen LogP contribution in [0.3, 0.4) is 0 Å². The van der Waals surface area contributed by atoms with Crippen LogP contribution in [-0.2, 0) is 17.9 Å². The van der Waals surface area contributed by atoms with Gasteiger partial charge in [0.1, 0.15) is 17.6 Å². The lowest BCUT2D eigenvalue weighted by Gasteiger charge is -2.22. The SMILES string of the molecule is CC(=O)N1CCC[C@@H]1Cn1cc(CNc2cc(Cl)c3ncc(C#N)c(Nc4ccc(F)c(Cl)c4)c3c2)nn1. The molecule has 1 aliphatic rings. The monoisotopic (exact) mass is 552 g/mol. The molecule has 4 aromatic rings. The van der Waals surface area contributed by atoms with Crippen LogP contribution in [0.2, 0.25) is 10.0 Å². The minimum Gasteiger partial charge on any atom is -0.379 e. The molecule has 2 aromatic carbocycles. The van der Waals surface area contributed by atoms with Gasteiger partial charge >= 0.3 is 0 Å². The van der Waals surface area contributed by atoms with Gasteiger partial charge in [-0.05, 0) is 43.2 Å². The standard InChI is InChI=1S/C26H23Cl2FN8O/c1-15(38)37-6-2-3-20(37)14-36-13-19(34-35-36)12-31-18-7-21-25(33-17-4-5-24(29)22(27)8-17)16(10-30)11-32-26(21)23(28)9-18/h4-5,7-9,11,13,20,31H,2-3,6,12,14H2,1H3,(H,32,33)/t20-/m1/s1. The first-order chi connectivity index (χ1) is 18.3. The van der Waals surface area contributed by atoms with E-state index in [2.05, 4.69) is 32.0 Å². The van der Waals surface area contributed by atoms with E-state index in [-0.39, 0.29) is 17.0 Å². The zero-order valence-electron chi connectivity index (χ0n) is 20.4. The van der Waals surface area contributed by atoms with Crippen molar-refractivity contribution in [2.75, 3.05) is 17.2 Å². The van der Waals surface area contributed by atoms with Crippen molar-refractivity contribution in [2.24, 2.45) is 0 Å². The lowest BCUT2D eigenvalue weighted by atomic mass is 10.1. The quantitative estimate of drug-likeness (QED) is 0.310. The number of halogens is 3. The largest absolute Gasteiger partial charge is 0.379 e. The molecule has 2 aromatic heterocycles. The fourth-order valence-electron chi connectivity index (χ4n) is 4.66. The number of likely N-dealkylation sites (tertiary alicyclic amines) is 1. The normalized spacial score (nSPS) is 15.0. The maximum Gasteiger partial charge on any atom is 0.219 e. The second-order valence-corrected chi connectivity index (χ2v) is 9.88. The third-order valence-electron chi connectivity index (χ3n) is 6.47. The lowest BCUT2D eigenvalue weighted by Crippen LogP contribution is -2.36. The molecule has 194 valence electrons. The molecule has 38 heavy (non-hydrogen) atoms. The van der Waals surface area contributed by atoms with Gasteiger partial charge in [0.2, 0.25) is 5.91 Å². The highest BCUT2D eigenvalue weighted by atomic mass is 35.5. The Morgan fingerprint density at radius 3 is 2.82 bits per heavy atom. The van der Waals surface area contributed by atoms with Crippen LogP contribution in [0.25, 0.3) is 10.9 Å². The Morgan fingerprint density at radius 1 is 1.24 bits per heavy atom. The number of nitrogens with zero attached hydrogens (tertiary/aromatic N) is 6. The fourth-order valence-corrected chi connectivity index (χ4v) is 5.11. The van der Waals surface area contributed by atoms with E-state index in [1.165, 1.54) is 24.4 Å². The van der Waals surface area contributed by atoms with Gasteiger partial charge in [0, 0.05) is 36.4 Å². The number of fused-ring (bicyclic) bond motifs is 1. The van der Waals surface area contributed by atoms with Gasteiger partial charge in [-0.2, -0.15) is 5.26 Å². The van der Waals surface area contributed by atoms with Gasteiger partial charge in [-0.25, -0.2) is 4.39 Å². The van der Waals surface area contributed by atoms with E-state index in [0.717, 1.165) is 25.1 Å². The van der Waals surface area contributed by atoms with Gasteiger partial charge in [-0.15, -0.1) is 5.10 Å². The number of nitriles is 1. The van der Waals surface area contributed by atoms with Gasteiger partial charge in [-0.3, -0.25) is 14.5 Å². The summed E-state index contributed by atoms with van der Waals surface area (Å²) in [6.07, 6.45) is 5.23. The number of carbonyl (C=O) groups excluding carboxylic acids is 1. The van der Waals surface area contributed by atoms with E-state index in [1.54, 1.807) is 17.7 Å². The smallest absolute Gasteiger partial charge is 0.219 e. The topological polar surface area (TPSA) is 112 Å². The molecule has 2 N–H and O–H groups in total. The number of carbonyl (C=O) groups is 1.